The van der Waals surface area contributed by atoms with Crippen LogP contribution in [0.3, 0.4) is 0 Å². The molecule has 3 aromatic rings. The second-order valence-corrected chi connectivity index (χ2v) is 6.44. The third-order valence-electron chi connectivity index (χ3n) is 4.55. The van der Waals surface area contributed by atoms with Crippen molar-refractivity contribution in [3.8, 4) is 0 Å². The molecule has 3 amide bonds. The first-order valence-electron chi connectivity index (χ1n) is 8.69. The summed E-state index contributed by atoms with van der Waals surface area (Å²) in [6.45, 7) is 0. The first kappa shape index (κ1) is 18.9. The van der Waals surface area contributed by atoms with E-state index in [0.29, 0.717) is 0 Å². The molecule has 3 aromatic carbocycles. The number of rotatable bonds is 4. The molecule has 0 saturated heterocycles. The molecule has 0 bridgehead atoms. The van der Waals surface area contributed by atoms with E-state index in [2.05, 4.69) is 5.32 Å². The topological polar surface area (TPSA) is 110 Å². The number of carbonyl (C=O) groups is 3. The van der Waals surface area contributed by atoms with Crippen LogP contribution in [0, 0.1) is 15.9 Å². The fraction of sp³-hybridized carbons (Fsp3) is 0. The van der Waals surface area contributed by atoms with Gasteiger partial charge in [-0.3, -0.25) is 24.5 Å². The third-order valence-corrected chi connectivity index (χ3v) is 4.55. The number of amides is 3. The van der Waals surface area contributed by atoms with E-state index < -0.39 is 28.5 Å². The predicted molar refractivity (Wildman–Crippen MR) is 105 cm³/mol. The first-order chi connectivity index (χ1) is 14.3. The fourth-order valence-electron chi connectivity index (χ4n) is 3.11. The van der Waals surface area contributed by atoms with Crippen molar-refractivity contribution in [2.24, 2.45) is 0 Å². The number of nitro benzene ring substituents is 1. The number of hydrogen-bond acceptors (Lipinski definition) is 5. The molecule has 1 aliphatic rings. The number of non-ortho nitro benzene ring substituents is 1. The zero-order valence-electron chi connectivity index (χ0n) is 15.2. The van der Waals surface area contributed by atoms with Crippen LogP contribution in [0.5, 0.6) is 0 Å². The summed E-state index contributed by atoms with van der Waals surface area (Å²) in [6, 6.07) is 14.3. The van der Waals surface area contributed by atoms with Crippen molar-refractivity contribution in [3.63, 3.8) is 0 Å². The van der Waals surface area contributed by atoms with E-state index in [1.165, 1.54) is 54.6 Å². The monoisotopic (exact) mass is 405 g/mol. The maximum atomic E-state index is 13.2. The molecular formula is C21H12FN3O5. The number of nitrogens with one attached hydrogen (secondary N) is 1. The predicted octanol–water partition coefficient (Wildman–Crippen LogP) is 3.79. The van der Waals surface area contributed by atoms with Gasteiger partial charge in [-0.25, -0.2) is 9.29 Å². The van der Waals surface area contributed by atoms with Gasteiger partial charge in [0, 0.05) is 23.4 Å². The van der Waals surface area contributed by atoms with Crippen LogP contribution in [0.15, 0.2) is 66.7 Å². The van der Waals surface area contributed by atoms with Crippen LogP contribution in [0.1, 0.15) is 31.1 Å². The highest BCUT2D eigenvalue weighted by Crippen LogP contribution is 2.29. The lowest BCUT2D eigenvalue weighted by molar-refractivity contribution is -0.384. The maximum absolute atomic E-state index is 13.2. The Bertz CT molecular complexity index is 1220. The van der Waals surface area contributed by atoms with Gasteiger partial charge in [0.2, 0.25) is 0 Å². The van der Waals surface area contributed by atoms with Gasteiger partial charge in [-0.1, -0.05) is 6.07 Å². The molecule has 1 aliphatic heterocycles. The summed E-state index contributed by atoms with van der Waals surface area (Å²) in [5.41, 5.74) is 0.502. The summed E-state index contributed by atoms with van der Waals surface area (Å²) in [5, 5.41) is 13.4. The zero-order valence-corrected chi connectivity index (χ0v) is 15.2. The molecule has 148 valence electrons. The summed E-state index contributed by atoms with van der Waals surface area (Å²) in [7, 11) is 0. The Hall–Kier alpha value is -4.40. The molecule has 0 saturated carbocycles. The van der Waals surface area contributed by atoms with Crippen LogP contribution in [0.4, 0.5) is 21.5 Å². The number of nitro groups is 1. The summed E-state index contributed by atoms with van der Waals surface area (Å²) in [6.07, 6.45) is 0. The van der Waals surface area contributed by atoms with Crippen molar-refractivity contribution in [1.82, 2.24) is 0 Å². The first-order valence-corrected chi connectivity index (χ1v) is 8.69. The van der Waals surface area contributed by atoms with E-state index in [-0.39, 0.29) is 33.8 Å². The zero-order chi connectivity index (χ0) is 21.4. The highest BCUT2D eigenvalue weighted by molar-refractivity contribution is 6.34. The van der Waals surface area contributed by atoms with Gasteiger partial charge in [0.25, 0.3) is 23.4 Å². The summed E-state index contributed by atoms with van der Waals surface area (Å²) in [5.74, 6) is -2.31. The van der Waals surface area contributed by atoms with Gasteiger partial charge in [-0.2, -0.15) is 0 Å². The van der Waals surface area contributed by atoms with Crippen molar-refractivity contribution in [2.75, 3.05) is 10.2 Å². The van der Waals surface area contributed by atoms with Gasteiger partial charge in [0.1, 0.15) is 5.82 Å². The van der Waals surface area contributed by atoms with Gasteiger partial charge < -0.3 is 5.32 Å². The smallest absolute Gasteiger partial charge is 0.271 e. The molecule has 1 heterocycles. The van der Waals surface area contributed by atoms with E-state index >= 15 is 0 Å². The summed E-state index contributed by atoms with van der Waals surface area (Å²) >= 11 is 0. The molecule has 0 radical (unpaired) electrons. The quantitative estimate of drug-likeness (QED) is 0.403. The number of hydrogen-bond donors (Lipinski definition) is 1. The molecular weight excluding hydrogens is 393 g/mol. The normalized spacial score (nSPS) is 12.6. The number of halogens is 1. The lowest BCUT2D eigenvalue weighted by atomic mass is 10.1. The fourth-order valence-corrected chi connectivity index (χ4v) is 3.11. The Morgan fingerprint density at radius 1 is 0.933 bits per heavy atom. The van der Waals surface area contributed by atoms with Crippen molar-refractivity contribution < 1.29 is 23.7 Å². The van der Waals surface area contributed by atoms with Gasteiger partial charge in [-0.15, -0.1) is 0 Å². The Kier molecular flexibility index (Phi) is 4.55. The van der Waals surface area contributed by atoms with E-state index in [4.69, 9.17) is 0 Å². The minimum absolute atomic E-state index is 0.0380. The van der Waals surface area contributed by atoms with Crippen molar-refractivity contribution in [2.45, 2.75) is 0 Å². The Morgan fingerprint density at radius 3 is 2.33 bits per heavy atom. The number of carbonyl (C=O) groups excluding carboxylic acids is 3. The molecule has 9 heteroatoms. The van der Waals surface area contributed by atoms with Crippen LogP contribution in [-0.2, 0) is 0 Å². The van der Waals surface area contributed by atoms with Crippen LogP contribution in [-0.4, -0.2) is 22.6 Å². The second kappa shape index (κ2) is 7.21. The molecule has 1 N–H and O–H groups in total. The van der Waals surface area contributed by atoms with Crippen LogP contribution < -0.4 is 10.2 Å². The standard InChI is InChI=1S/C21H12FN3O5/c22-13-5-7-15(8-6-13)24-20(27)17-9-4-12(10-18(17)21(24)28)19(26)23-14-2-1-3-16(11-14)25(29)30/h1-11H,(H,23,26). The Morgan fingerprint density at radius 2 is 1.63 bits per heavy atom. The van der Waals surface area contributed by atoms with Gasteiger partial charge in [-0.05, 0) is 48.5 Å². The molecule has 0 aliphatic carbocycles. The largest absolute Gasteiger partial charge is 0.322 e. The number of nitrogens with zero attached hydrogens (tertiary/aromatic N) is 2. The lowest BCUT2D eigenvalue weighted by Gasteiger charge is -2.13. The average Bonchev–Trinajstić information content (AvgIpc) is 2.99. The molecule has 0 spiro atoms. The molecule has 0 unspecified atom stereocenters. The second-order valence-electron chi connectivity index (χ2n) is 6.44. The average molecular weight is 405 g/mol. The van der Waals surface area contributed by atoms with Crippen LogP contribution in [0.2, 0.25) is 0 Å². The number of imide groups is 1. The molecule has 0 aromatic heterocycles. The number of anilines is 2. The maximum Gasteiger partial charge on any atom is 0.271 e. The minimum Gasteiger partial charge on any atom is -0.322 e. The van der Waals surface area contributed by atoms with Crippen molar-refractivity contribution >= 4 is 34.8 Å². The van der Waals surface area contributed by atoms with Crippen LogP contribution >= 0.6 is 0 Å². The molecule has 0 fully saturated rings. The van der Waals surface area contributed by atoms with E-state index in [0.717, 1.165) is 17.0 Å². The Labute approximate surface area is 168 Å². The highest BCUT2D eigenvalue weighted by Gasteiger charge is 2.37. The SMILES string of the molecule is O=C(Nc1cccc([N+](=O)[O-])c1)c1ccc2c(c1)C(=O)N(c1ccc(F)cc1)C2=O. The molecule has 8 nitrogen and oxygen atoms in total. The van der Waals surface area contributed by atoms with Crippen LogP contribution in [0.25, 0.3) is 0 Å². The number of fused-ring (bicyclic) bond motifs is 1. The van der Waals surface area contributed by atoms with Gasteiger partial charge in [0.05, 0.1) is 21.7 Å². The summed E-state index contributed by atoms with van der Waals surface area (Å²) in [4.78, 5) is 49.1. The highest BCUT2D eigenvalue weighted by atomic mass is 19.1. The van der Waals surface area contributed by atoms with E-state index in [1.807, 2.05) is 0 Å². The molecule has 0 atom stereocenters. The van der Waals surface area contributed by atoms with Crippen molar-refractivity contribution in [1.29, 1.82) is 0 Å². The minimum atomic E-state index is -0.633. The van der Waals surface area contributed by atoms with Gasteiger partial charge in [0.15, 0.2) is 0 Å². The van der Waals surface area contributed by atoms with E-state index in [9.17, 15) is 28.9 Å². The van der Waals surface area contributed by atoms with E-state index in [1.54, 1.807) is 0 Å². The van der Waals surface area contributed by atoms with Crippen molar-refractivity contribution in [3.05, 3.63) is 99.4 Å². The van der Waals surface area contributed by atoms with Gasteiger partial charge >= 0.3 is 0 Å². The number of benzene rings is 3. The molecule has 4 rings (SSSR count). The molecule has 30 heavy (non-hydrogen) atoms. The lowest BCUT2D eigenvalue weighted by Crippen LogP contribution is -2.29. The summed E-state index contributed by atoms with van der Waals surface area (Å²) < 4.78 is 13.2. The Balaban J connectivity index is 1.61. The third kappa shape index (κ3) is 3.28.